The van der Waals surface area contributed by atoms with E-state index in [0.29, 0.717) is 25.0 Å². The molecule has 0 spiro atoms. The first kappa shape index (κ1) is 20.4. The maximum absolute atomic E-state index is 12.8. The minimum atomic E-state index is -3.72. The summed E-state index contributed by atoms with van der Waals surface area (Å²) in [6, 6.07) is 0. The molecule has 0 aromatic carbocycles. The van der Waals surface area contributed by atoms with Crippen LogP contribution in [-0.4, -0.2) is 56.1 Å². The number of hydrogen-bond acceptors (Lipinski definition) is 8. The zero-order chi connectivity index (χ0) is 19.5. The number of nitrogens with zero attached hydrogens (tertiary/aromatic N) is 2. The first-order valence-electron chi connectivity index (χ1n) is 8.43. The van der Waals surface area contributed by atoms with Crippen molar-refractivity contribution in [3.63, 3.8) is 0 Å². The zero-order valence-corrected chi connectivity index (χ0v) is 16.2. The largest absolute Gasteiger partial charge is 0.466 e. The van der Waals surface area contributed by atoms with Crippen molar-refractivity contribution in [1.29, 1.82) is 0 Å². The highest BCUT2D eigenvalue weighted by Crippen LogP contribution is 2.28. The van der Waals surface area contributed by atoms with E-state index in [9.17, 15) is 18.0 Å². The lowest BCUT2D eigenvalue weighted by Gasteiger charge is -2.30. The van der Waals surface area contributed by atoms with Crippen molar-refractivity contribution < 1.29 is 32.0 Å². The smallest absolute Gasteiger partial charge is 0.347 e. The molecule has 1 aromatic rings. The lowest BCUT2D eigenvalue weighted by molar-refractivity contribution is -0.169. The molecular weight excluding hydrogens is 364 g/mol. The molecule has 2 rings (SSSR count). The molecule has 2 heterocycles. The van der Waals surface area contributed by atoms with Crippen LogP contribution >= 0.6 is 0 Å². The van der Waals surface area contributed by atoms with E-state index in [1.807, 2.05) is 0 Å². The molecule has 1 fully saturated rings. The van der Waals surface area contributed by atoms with E-state index >= 15 is 0 Å². The normalized spacial score (nSPS) is 17.7. The lowest BCUT2D eigenvalue weighted by Crippen LogP contribution is -2.42. The summed E-state index contributed by atoms with van der Waals surface area (Å²) in [6.45, 7) is 5.20. The van der Waals surface area contributed by atoms with Crippen LogP contribution in [0.3, 0.4) is 0 Å². The van der Waals surface area contributed by atoms with Crippen LogP contribution < -0.4 is 0 Å². The Morgan fingerprint density at radius 1 is 1.31 bits per heavy atom. The van der Waals surface area contributed by atoms with E-state index in [-0.39, 0.29) is 23.7 Å². The SMILES string of the molecule is CCC(OC(=O)C1CCN(S(=O)(=O)c2c(C)noc2C)CC1)C(=O)OC. The van der Waals surface area contributed by atoms with Gasteiger partial charge in [0.2, 0.25) is 10.0 Å². The van der Waals surface area contributed by atoms with Crippen LogP contribution in [0.4, 0.5) is 0 Å². The number of sulfonamides is 1. The van der Waals surface area contributed by atoms with Crippen molar-refractivity contribution in [2.75, 3.05) is 20.2 Å². The van der Waals surface area contributed by atoms with Gasteiger partial charge in [-0.3, -0.25) is 4.79 Å². The number of aryl methyl sites for hydroxylation is 2. The van der Waals surface area contributed by atoms with Crippen LogP contribution in [0.25, 0.3) is 0 Å². The molecular formula is C16H24N2O7S. The fourth-order valence-corrected chi connectivity index (χ4v) is 4.73. The molecule has 1 saturated heterocycles. The van der Waals surface area contributed by atoms with Crippen molar-refractivity contribution in [1.82, 2.24) is 9.46 Å². The Hall–Kier alpha value is -1.94. The number of piperidine rings is 1. The first-order valence-corrected chi connectivity index (χ1v) is 9.87. The van der Waals surface area contributed by atoms with E-state index in [4.69, 9.17) is 9.26 Å². The number of carbonyl (C=O) groups excluding carboxylic acids is 2. The Morgan fingerprint density at radius 3 is 2.38 bits per heavy atom. The van der Waals surface area contributed by atoms with Crippen LogP contribution in [0.15, 0.2) is 9.42 Å². The molecule has 10 heteroatoms. The van der Waals surface area contributed by atoms with Gasteiger partial charge in [-0.2, -0.15) is 4.31 Å². The molecule has 1 atom stereocenters. The standard InChI is InChI=1S/C16H24N2O7S/c1-5-13(16(20)23-4)24-15(19)12-6-8-18(9-7-12)26(21,22)14-10(2)17-25-11(14)3/h12-13H,5-9H2,1-4H3. The van der Waals surface area contributed by atoms with Gasteiger partial charge in [0.25, 0.3) is 0 Å². The number of rotatable bonds is 6. The molecule has 1 aliphatic heterocycles. The number of carbonyl (C=O) groups is 2. The second-order valence-electron chi connectivity index (χ2n) is 6.19. The highest BCUT2D eigenvalue weighted by molar-refractivity contribution is 7.89. The quantitative estimate of drug-likeness (QED) is 0.667. The Kier molecular flexibility index (Phi) is 6.40. The van der Waals surface area contributed by atoms with Gasteiger partial charge in [-0.05, 0) is 33.1 Å². The van der Waals surface area contributed by atoms with Crippen molar-refractivity contribution >= 4 is 22.0 Å². The molecule has 1 aromatic heterocycles. The average molecular weight is 388 g/mol. The zero-order valence-electron chi connectivity index (χ0n) is 15.4. The van der Waals surface area contributed by atoms with E-state index in [0.717, 1.165) is 0 Å². The van der Waals surface area contributed by atoms with Gasteiger partial charge in [-0.25, -0.2) is 13.2 Å². The van der Waals surface area contributed by atoms with Crippen LogP contribution in [0, 0.1) is 19.8 Å². The van der Waals surface area contributed by atoms with Crippen molar-refractivity contribution in [3.8, 4) is 0 Å². The predicted octanol–water partition coefficient (Wildman–Crippen LogP) is 1.19. The molecule has 1 unspecified atom stereocenters. The molecule has 1 aliphatic rings. The molecule has 0 saturated carbocycles. The number of ether oxygens (including phenoxy) is 2. The molecule has 0 aliphatic carbocycles. The third-order valence-corrected chi connectivity index (χ3v) is 6.59. The Labute approximate surface area is 152 Å². The van der Waals surface area contributed by atoms with Crippen LogP contribution in [0.5, 0.6) is 0 Å². The maximum Gasteiger partial charge on any atom is 0.347 e. The highest BCUT2D eigenvalue weighted by atomic mass is 32.2. The number of hydrogen-bond donors (Lipinski definition) is 0. The Bertz CT molecular complexity index is 744. The van der Waals surface area contributed by atoms with Crippen LogP contribution in [-0.2, 0) is 29.1 Å². The molecule has 0 radical (unpaired) electrons. The fourth-order valence-electron chi connectivity index (χ4n) is 2.97. The lowest BCUT2D eigenvalue weighted by atomic mass is 9.98. The van der Waals surface area contributed by atoms with E-state index in [1.54, 1.807) is 20.8 Å². The number of esters is 2. The summed E-state index contributed by atoms with van der Waals surface area (Å²) >= 11 is 0. The van der Waals surface area contributed by atoms with Gasteiger partial charge in [0, 0.05) is 13.1 Å². The third kappa shape index (κ3) is 4.07. The number of aromatic nitrogens is 1. The first-order chi connectivity index (χ1) is 12.2. The maximum atomic E-state index is 12.8. The van der Waals surface area contributed by atoms with Gasteiger partial charge in [-0.15, -0.1) is 0 Å². The van der Waals surface area contributed by atoms with Crippen LogP contribution in [0.2, 0.25) is 0 Å². The fraction of sp³-hybridized carbons (Fsp3) is 0.688. The van der Waals surface area contributed by atoms with Crippen molar-refractivity contribution in [2.24, 2.45) is 5.92 Å². The summed E-state index contributed by atoms with van der Waals surface area (Å²) in [5.41, 5.74) is 0.313. The summed E-state index contributed by atoms with van der Waals surface area (Å²) in [4.78, 5) is 23.9. The summed E-state index contributed by atoms with van der Waals surface area (Å²) in [7, 11) is -2.49. The van der Waals surface area contributed by atoms with E-state index < -0.39 is 34.0 Å². The van der Waals surface area contributed by atoms with Crippen molar-refractivity contribution in [2.45, 2.75) is 51.0 Å². The van der Waals surface area contributed by atoms with Gasteiger partial charge in [0.05, 0.1) is 13.0 Å². The second kappa shape index (κ2) is 8.17. The molecule has 0 bridgehead atoms. The molecule has 0 amide bonds. The second-order valence-corrected chi connectivity index (χ2v) is 8.06. The summed E-state index contributed by atoms with van der Waals surface area (Å²) in [5.74, 6) is -1.31. The van der Waals surface area contributed by atoms with Gasteiger partial charge >= 0.3 is 11.9 Å². The minimum Gasteiger partial charge on any atom is -0.466 e. The summed E-state index contributed by atoms with van der Waals surface area (Å²) in [6.07, 6.45) is 0.0204. The van der Waals surface area contributed by atoms with Gasteiger partial charge < -0.3 is 14.0 Å². The minimum absolute atomic E-state index is 0.0789. The summed E-state index contributed by atoms with van der Waals surface area (Å²) < 4.78 is 41.6. The molecule has 0 N–H and O–H groups in total. The van der Waals surface area contributed by atoms with Crippen LogP contribution in [0.1, 0.15) is 37.6 Å². The number of methoxy groups -OCH3 is 1. The molecule has 146 valence electrons. The molecule has 9 nitrogen and oxygen atoms in total. The average Bonchev–Trinajstić information content (AvgIpc) is 2.97. The highest BCUT2D eigenvalue weighted by Gasteiger charge is 2.36. The topological polar surface area (TPSA) is 116 Å². The van der Waals surface area contributed by atoms with E-state index in [1.165, 1.54) is 11.4 Å². The monoisotopic (exact) mass is 388 g/mol. The Balaban J connectivity index is 2.00. The van der Waals surface area contributed by atoms with Gasteiger partial charge in [-0.1, -0.05) is 12.1 Å². The van der Waals surface area contributed by atoms with Gasteiger partial charge in [0.1, 0.15) is 10.6 Å². The summed E-state index contributed by atoms with van der Waals surface area (Å²) in [5, 5.41) is 3.69. The van der Waals surface area contributed by atoms with Gasteiger partial charge in [0.15, 0.2) is 11.9 Å². The molecule has 26 heavy (non-hydrogen) atoms. The predicted molar refractivity (Wildman–Crippen MR) is 89.6 cm³/mol. The van der Waals surface area contributed by atoms with Crippen molar-refractivity contribution in [3.05, 3.63) is 11.5 Å². The third-order valence-electron chi connectivity index (χ3n) is 4.45. The van der Waals surface area contributed by atoms with E-state index in [2.05, 4.69) is 9.89 Å². The Morgan fingerprint density at radius 2 is 1.92 bits per heavy atom.